The summed E-state index contributed by atoms with van der Waals surface area (Å²) in [6.07, 6.45) is 0. The van der Waals surface area contributed by atoms with Crippen LogP contribution in [0, 0.1) is 0 Å². The van der Waals surface area contributed by atoms with Gasteiger partial charge in [-0.05, 0) is 6.07 Å². The number of benzene rings is 1. The molecule has 0 aromatic heterocycles. The van der Waals surface area contributed by atoms with Gasteiger partial charge in [-0.25, -0.2) is 0 Å². The Bertz CT molecular complexity index is 331. The zero-order chi connectivity index (χ0) is 11.3. The average molecular weight is 232 g/mol. The summed E-state index contributed by atoms with van der Waals surface area (Å²) in [4.78, 5) is 4.76. The highest BCUT2D eigenvalue weighted by Crippen LogP contribution is 2.32. The Labute approximate surface area is 94.0 Å². The topological polar surface area (TPSA) is 39.7 Å². The number of ether oxygens (including phenoxy) is 2. The Hall–Kier alpha value is -0.970. The first kappa shape index (κ1) is 12.1. The quantitative estimate of drug-likeness (QED) is 0.787. The number of rotatable bonds is 5. The predicted octanol–water partition coefficient (Wildman–Crippen LogP) is 2.01. The van der Waals surface area contributed by atoms with Crippen LogP contribution in [-0.4, -0.2) is 21.3 Å². The SMILES string of the molecule is CONCc1cc(Cl)c(OC)cc1OC. The van der Waals surface area contributed by atoms with E-state index >= 15 is 0 Å². The van der Waals surface area contributed by atoms with Gasteiger partial charge in [-0.2, -0.15) is 5.48 Å². The van der Waals surface area contributed by atoms with Crippen LogP contribution in [0.1, 0.15) is 5.56 Å². The molecule has 0 unspecified atom stereocenters. The van der Waals surface area contributed by atoms with Gasteiger partial charge in [0.25, 0.3) is 0 Å². The predicted molar refractivity (Wildman–Crippen MR) is 58.4 cm³/mol. The first-order chi connectivity index (χ1) is 7.22. The lowest BCUT2D eigenvalue weighted by Gasteiger charge is -2.11. The van der Waals surface area contributed by atoms with Crippen LogP contribution in [0.4, 0.5) is 0 Å². The molecule has 1 N–H and O–H groups in total. The van der Waals surface area contributed by atoms with Crippen molar-refractivity contribution in [1.29, 1.82) is 0 Å². The monoisotopic (exact) mass is 231 g/mol. The Morgan fingerprint density at radius 1 is 1.13 bits per heavy atom. The molecule has 0 fully saturated rings. The fourth-order valence-electron chi connectivity index (χ4n) is 1.21. The summed E-state index contributed by atoms with van der Waals surface area (Å²) >= 11 is 5.99. The maximum absolute atomic E-state index is 5.99. The number of hydrogen-bond donors (Lipinski definition) is 1. The molecule has 0 amide bonds. The van der Waals surface area contributed by atoms with Crippen molar-refractivity contribution in [2.75, 3.05) is 21.3 Å². The van der Waals surface area contributed by atoms with Crippen LogP contribution in [0.25, 0.3) is 0 Å². The van der Waals surface area contributed by atoms with Crippen molar-refractivity contribution in [1.82, 2.24) is 5.48 Å². The zero-order valence-electron chi connectivity index (χ0n) is 8.96. The summed E-state index contributed by atoms with van der Waals surface area (Å²) in [5.74, 6) is 1.30. The second-order valence-corrected chi connectivity index (χ2v) is 3.23. The van der Waals surface area contributed by atoms with Crippen LogP contribution < -0.4 is 15.0 Å². The van der Waals surface area contributed by atoms with Crippen LogP contribution in [0.15, 0.2) is 12.1 Å². The molecular weight excluding hydrogens is 218 g/mol. The molecule has 0 heterocycles. The van der Waals surface area contributed by atoms with Crippen molar-refractivity contribution >= 4 is 11.6 Å². The van der Waals surface area contributed by atoms with E-state index < -0.39 is 0 Å². The van der Waals surface area contributed by atoms with Gasteiger partial charge in [-0.3, -0.25) is 0 Å². The van der Waals surface area contributed by atoms with Gasteiger partial charge in [0.15, 0.2) is 0 Å². The molecule has 1 aromatic carbocycles. The van der Waals surface area contributed by atoms with E-state index in [1.54, 1.807) is 33.5 Å². The van der Waals surface area contributed by atoms with Crippen LogP contribution >= 0.6 is 11.6 Å². The summed E-state index contributed by atoms with van der Waals surface area (Å²) in [5.41, 5.74) is 3.63. The van der Waals surface area contributed by atoms with E-state index in [9.17, 15) is 0 Å². The molecule has 0 spiro atoms. The van der Waals surface area contributed by atoms with Gasteiger partial charge in [0.05, 0.1) is 26.4 Å². The molecule has 0 atom stereocenters. The molecule has 4 nitrogen and oxygen atoms in total. The van der Waals surface area contributed by atoms with Gasteiger partial charge >= 0.3 is 0 Å². The van der Waals surface area contributed by atoms with Crippen molar-refractivity contribution in [2.24, 2.45) is 0 Å². The molecule has 84 valence electrons. The van der Waals surface area contributed by atoms with Gasteiger partial charge in [-0.1, -0.05) is 11.6 Å². The van der Waals surface area contributed by atoms with E-state index in [1.165, 1.54) is 0 Å². The number of halogens is 1. The van der Waals surface area contributed by atoms with Crippen molar-refractivity contribution in [3.05, 3.63) is 22.7 Å². The summed E-state index contributed by atoms with van der Waals surface area (Å²) < 4.78 is 10.3. The Balaban J connectivity index is 2.98. The standard InChI is InChI=1S/C10H14ClNO3/c1-13-9-5-10(14-2)8(11)4-7(9)6-12-15-3/h4-5,12H,6H2,1-3H3. The first-order valence-corrected chi connectivity index (χ1v) is 4.77. The third-order valence-electron chi connectivity index (χ3n) is 1.96. The largest absolute Gasteiger partial charge is 0.496 e. The maximum Gasteiger partial charge on any atom is 0.141 e. The highest BCUT2D eigenvalue weighted by Gasteiger charge is 2.09. The maximum atomic E-state index is 5.99. The Kier molecular flexibility index (Phi) is 4.68. The summed E-state index contributed by atoms with van der Waals surface area (Å²) in [6, 6.07) is 3.53. The zero-order valence-corrected chi connectivity index (χ0v) is 9.72. The summed E-state index contributed by atoms with van der Waals surface area (Å²) in [7, 11) is 4.71. The van der Waals surface area contributed by atoms with Crippen molar-refractivity contribution in [3.63, 3.8) is 0 Å². The van der Waals surface area contributed by atoms with Crippen LogP contribution in [-0.2, 0) is 11.4 Å². The normalized spacial score (nSPS) is 10.1. The first-order valence-electron chi connectivity index (χ1n) is 4.39. The van der Waals surface area contributed by atoms with E-state index in [2.05, 4.69) is 5.48 Å². The highest BCUT2D eigenvalue weighted by molar-refractivity contribution is 6.32. The molecular formula is C10H14ClNO3. The van der Waals surface area contributed by atoms with Crippen molar-refractivity contribution in [2.45, 2.75) is 6.54 Å². The van der Waals surface area contributed by atoms with Gasteiger partial charge < -0.3 is 14.3 Å². The molecule has 1 rings (SSSR count). The fraction of sp³-hybridized carbons (Fsp3) is 0.400. The summed E-state index contributed by atoms with van der Waals surface area (Å²) in [6.45, 7) is 0.517. The molecule has 1 aromatic rings. The van der Waals surface area contributed by atoms with E-state index in [0.717, 1.165) is 5.56 Å². The van der Waals surface area contributed by atoms with Crippen LogP contribution in [0.3, 0.4) is 0 Å². The summed E-state index contributed by atoms with van der Waals surface area (Å²) in [5, 5.41) is 0.547. The average Bonchev–Trinajstić information content (AvgIpc) is 2.26. The highest BCUT2D eigenvalue weighted by atomic mass is 35.5. The molecule has 15 heavy (non-hydrogen) atoms. The molecule has 0 radical (unpaired) electrons. The Morgan fingerprint density at radius 2 is 1.80 bits per heavy atom. The lowest BCUT2D eigenvalue weighted by atomic mass is 10.2. The third kappa shape index (κ3) is 2.99. The molecule has 0 saturated carbocycles. The lowest BCUT2D eigenvalue weighted by Crippen LogP contribution is -2.11. The second kappa shape index (κ2) is 5.80. The molecule has 0 aliphatic heterocycles. The van der Waals surface area contributed by atoms with E-state index in [-0.39, 0.29) is 0 Å². The van der Waals surface area contributed by atoms with Gasteiger partial charge in [0.2, 0.25) is 0 Å². The number of hydroxylamine groups is 1. The van der Waals surface area contributed by atoms with E-state index in [1.807, 2.05) is 0 Å². The second-order valence-electron chi connectivity index (χ2n) is 2.82. The minimum Gasteiger partial charge on any atom is -0.496 e. The minimum absolute atomic E-state index is 0.517. The Morgan fingerprint density at radius 3 is 2.33 bits per heavy atom. The molecule has 0 bridgehead atoms. The van der Waals surface area contributed by atoms with E-state index in [4.69, 9.17) is 25.9 Å². The molecule has 0 aliphatic carbocycles. The molecule has 5 heteroatoms. The van der Waals surface area contributed by atoms with Crippen molar-refractivity contribution < 1.29 is 14.3 Å². The lowest BCUT2D eigenvalue weighted by molar-refractivity contribution is 0.0861. The number of nitrogens with one attached hydrogen (secondary N) is 1. The minimum atomic E-state index is 0.517. The van der Waals surface area contributed by atoms with Crippen molar-refractivity contribution in [3.8, 4) is 11.5 Å². The number of methoxy groups -OCH3 is 2. The van der Waals surface area contributed by atoms with Gasteiger partial charge in [0, 0.05) is 18.2 Å². The van der Waals surface area contributed by atoms with Gasteiger partial charge in [0.1, 0.15) is 11.5 Å². The van der Waals surface area contributed by atoms with Crippen LogP contribution in [0.2, 0.25) is 5.02 Å². The molecule has 0 aliphatic rings. The van der Waals surface area contributed by atoms with Gasteiger partial charge in [-0.15, -0.1) is 0 Å². The van der Waals surface area contributed by atoms with E-state index in [0.29, 0.717) is 23.1 Å². The van der Waals surface area contributed by atoms with Crippen LogP contribution in [0.5, 0.6) is 11.5 Å². The molecule has 0 saturated heterocycles. The smallest absolute Gasteiger partial charge is 0.141 e. The number of hydrogen-bond acceptors (Lipinski definition) is 4. The fourth-order valence-corrected chi connectivity index (χ4v) is 1.47. The third-order valence-corrected chi connectivity index (χ3v) is 2.26.